The molecule has 0 atom stereocenters. The Bertz CT molecular complexity index is 797. The van der Waals surface area contributed by atoms with E-state index in [1.807, 2.05) is 96.3 Å². The minimum Gasteiger partial charge on any atom is -0.365 e. The molecule has 0 radical (unpaired) electrons. The van der Waals surface area contributed by atoms with E-state index in [-0.39, 0.29) is 11.8 Å². The SMILES string of the molecule is CN(CC(=O)N1CCN(C(=O)C(C)(C)c2ccccc2)CC1)c1ccccc1. The third-order valence-electron chi connectivity index (χ3n) is 5.52. The molecule has 0 aromatic heterocycles. The van der Waals surface area contributed by atoms with Crippen molar-refractivity contribution in [3.63, 3.8) is 0 Å². The van der Waals surface area contributed by atoms with Crippen molar-refractivity contribution < 1.29 is 9.59 Å². The third-order valence-corrected chi connectivity index (χ3v) is 5.52. The first-order valence-corrected chi connectivity index (χ1v) is 9.78. The molecule has 0 saturated carbocycles. The maximum atomic E-state index is 13.1. The fourth-order valence-corrected chi connectivity index (χ4v) is 3.61. The number of hydrogen-bond acceptors (Lipinski definition) is 3. The van der Waals surface area contributed by atoms with Gasteiger partial charge in [0.15, 0.2) is 0 Å². The molecule has 0 aliphatic carbocycles. The van der Waals surface area contributed by atoms with Gasteiger partial charge in [0.25, 0.3) is 0 Å². The fraction of sp³-hybridized carbons (Fsp3) is 0.391. The molecular formula is C23H29N3O2. The first-order valence-electron chi connectivity index (χ1n) is 9.78. The number of para-hydroxylation sites is 1. The zero-order chi connectivity index (χ0) is 20.1. The summed E-state index contributed by atoms with van der Waals surface area (Å²) in [5, 5.41) is 0. The van der Waals surface area contributed by atoms with Gasteiger partial charge in [-0.3, -0.25) is 9.59 Å². The van der Waals surface area contributed by atoms with Crippen LogP contribution in [0.15, 0.2) is 60.7 Å². The van der Waals surface area contributed by atoms with Crippen molar-refractivity contribution in [2.45, 2.75) is 19.3 Å². The number of amides is 2. The maximum absolute atomic E-state index is 13.1. The summed E-state index contributed by atoms with van der Waals surface area (Å²) in [5.41, 5.74) is 1.47. The van der Waals surface area contributed by atoms with Crippen molar-refractivity contribution in [1.29, 1.82) is 0 Å². The van der Waals surface area contributed by atoms with Crippen LogP contribution in [0.2, 0.25) is 0 Å². The fourth-order valence-electron chi connectivity index (χ4n) is 3.61. The van der Waals surface area contributed by atoms with E-state index in [0.29, 0.717) is 32.7 Å². The van der Waals surface area contributed by atoms with Crippen LogP contribution in [0.5, 0.6) is 0 Å². The number of piperazine rings is 1. The van der Waals surface area contributed by atoms with Gasteiger partial charge in [-0.25, -0.2) is 0 Å². The van der Waals surface area contributed by atoms with Crippen LogP contribution in [0.4, 0.5) is 5.69 Å². The van der Waals surface area contributed by atoms with Crippen LogP contribution in [0.3, 0.4) is 0 Å². The molecule has 148 valence electrons. The topological polar surface area (TPSA) is 43.9 Å². The Morgan fingerprint density at radius 2 is 1.36 bits per heavy atom. The Morgan fingerprint density at radius 1 is 0.857 bits per heavy atom. The van der Waals surface area contributed by atoms with Crippen LogP contribution in [0.25, 0.3) is 0 Å². The van der Waals surface area contributed by atoms with Gasteiger partial charge in [0.2, 0.25) is 11.8 Å². The zero-order valence-corrected chi connectivity index (χ0v) is 17.0. The van der Waals surface area contributed by atoms with Gasteiger partial charge in [0.1, 0.15) is 0 Å². The number of likely N-dealkylation sites (N-methyl/N-ethyl adjacent to an activating group) is 1. The van der Waals surface area contributed by atoms with E-state index < -0.39 is 5.41 Å². The monoisotopic (exact) mass is 379 g/mol. The summed E-state index contributed by atoms with van der Waals surface area (Å²) in [7, 11) is 1.93. The summed E-state index contributed by atoms with van der Waals surface area (Å²) in [6.45, 7) is 6.60. The number of anilines is 1. The summed E-state index contributed by atoms with van der Waals surface area (Å²) >= 11 is 0. The predicted octanol–water partition coefficient (Wildman–Crippen LogP) is 2.77. The van der Waals surface area contributed by atoms with Crippen molar-refractivity contribution in [2.75, 3.05) is 44.7 Å². The lowest BCUT2D eigenvalue weighted by Crippen LogP contribution is -2.55. The molecule has 1 aliphatic heterocycles. The van der Waals surface area contributed by atoms with Gasteiger partial charge in [-0.15, -0.1) is 0 Å². The van der Waals surface area contributed by atoms with Crippen molar-refractivity contribution in [2.24, 2.45) is 0 Å². The van der Waals surface area contributed by atoms with Crippen LogP contribution < -0.4 is 4.90 Å². The van der Waals surface area contributed by atoms with Crippen molar-refractivity contribution in [3.8, 4) is 0 Å². The second kappa shape index (κ2) is 8.46. The van der Waals surface area contributed by atoms with Gasteiger partial charge in [-0.2, -0.15) is 0 Å². The molecule has 28 heavy (non-hydrogen) atoms. The smallest absolute Gasteiger partial charge is 0.242 e. The minimum absolute atomic E-state index is 0.0979. The Hall–Kier alpha value is -2.82. The molecule has 0 bridgehead atoms. The highest BCUT2D eigenvalue weighted by molar-refractivity contribution is 5.88. The van der Waals surface area contributed by atoms with Crippen LogP contribution >= 0.6 is 0 Å². The van der Waals surface area contributed by atoms with Gasteiger partial charge in [-0.05, 0) is 31.5 Å². The molecule has 1 aliphatic rings. The third kappa shape index (κ3) is 4.35. The largest absolute Gasteiger partial charge is 0.365 e. The molecule has 0 spiro atoms. The van der Waals surface area contributed by atoms with Crippen molar-refractivity contribution >= 4 is 17.5 Å². The van der Waals surface area contributed by atoms with E-state index in [1.54, 1.807) is 0 Å². The van der Waals surface area contributed by atoms with Crippen LogP contribution in [0, 0.1) is 0 Å². The van der Waals surface area contributed by atoms with Crippen LogP contribution in [-0.2, 0) is 15.0 Å². The van der Waals surface area contributed by atoms with E-state index >= 15 is 0 Å². The second-order valence-corrected chi connectivity index (χ2v) is 7.86. The highest BCUT2D eigenvalue weighted by Gasteiger charge is 2.35. The highest BCUT2D eigenvalue weighted by Crippen LogP contribution is 2.26. The first kappa shape index (κ1) is 19.9. The molecule has 1 saturated heterocycles. The van der Waals surface area contributed by atoms with Crippen molar-refractivity contribution in [3.05, 3.63) is 66.2 Å². The number of rotatable bonds is 5. The maximum Gasteiger partial charge on any atom is 0.242 e. The molecule has 0 N–H and O–H groups in total. The molecule has 1 fully saturated rings. The zero-order valence-electron chi connectivity index (χ0n) is 17.0. The van der Waals surface area contributed by atoms with Gasteiger partial charge >= 0.3 is 0 Å². The van der Waals surface area contributed by atoms with E-state index in [0.717, 1.165) is 11.3 Å². The number of benzene rings is 2. The van der Waals surface area contributed by atoms with Gasteiger partial charge in [0, 0.05) is 38.9 Å². The van der Waals surface area contributed by atoms with Crippen LogP contribution in [-0.4, -0.2) is 61.4 Å². The number of nitrogens with zero attached hydrogens (tertiary/aromatic N) is 3. The predicted molar refractivity (Wildman–Crippen MR) is 112 cm³/mol. The van der Waals surface area contributed by atoms with Crippen molar-refractivity contribution in [1.82, 2.24) is 9.80 Å². The summed E-state index contributed by atoms with van der Waals surface area (Å²) in [6.07, 6.45) is 0. The summed E-state index contributed by atoms with van der Waals surface area (Å²) in [6, 6.07) is 19.8. The summed E-state index contributed by atoms with van der Waals surface area (Å²) < 4.78 is 0. The lowest BCUT2D eigenvalue weighted by Gasteiger charge is -2.39. The molecule has 1 heterocycles. The molecule has 2 aromatic carbocycles. The molecule has 0 unspecified atom stereocenters. The molecule has 5 heteroatoms. The Balaban J connectivity index is 1.55. The average molecular weight is 380 g/mol. The molecule has 5 nitrogen and oxygen atoms in total. The summed E-state index contributed by atoms with van der Waals surface area (Å²) in [4.78, 5) is 31.4. The molecule has 2 amide bonds. The van der Waals surface area contributed by atoms with Crippen LogP contribution in [0.1, 0.15) is 19.4 Å². The Morgan fingerprint density at radius 3 is 1.93 bits per heavy atom. The average Bonchev–Trinajstić information content (AvgIpc) is 2.74. The van der Waals surface area contributed by atoms with E-state index in [2.05, 4.69) is 0 Å². The van der Waals surface area contributed by atoms with E-state index in [1.165, 1.54) is 0 Å². The molecule has 2 aromatic rings. The second-order valence-electron chi connectivity index (χ2n) is 7.86. The van der Waals surface area contributed by atoms with Gasteiger partial charge in [0.05, 0.1) is 12.0 Å². The molecule has 3 rings (SSSR count). The lowest BCUT2D eigenvalue weighted by molar-refractivity contribution is -0.142. The normalized spacial score (nSPS) is 14.7. The summed E-state index contributed by atoms with van der Waals surface area (Å²) in [5.74, 6) is 0.216. The first-order chi connectivity index (χ1) is 13.4. The minimum atomic E-state index is -0.568. The highest BCUT2D eigenvalue weighted by atomic mass is 16.2. The number of carbonyl (C=O) groups excluding carboxylic acids is 2. The Labute approximate surface area is 167 Å². The Kier molecular flexibility index (Phi) is 6.02. The quantitative estimate of drug-likeness (QED) is 0.802. The van der Waals surface area contributed by atoms with E-state index in [4.69, 9.17) is 0 Å². The number of hydrogen-bond donors (Lipinski definition) is 0. The standard InChI is InChI=1S/C23H29N3O2/c1-23(2,19-10-6-4-7-11-19)22(28)26-16-14-25(15-17-26)21(27)18-24(3)20-12-8-5-9-13-20/h4-13H,14-18H2,1-3H3. The van der Waals surface area contributed by atoms with E-state index in [9.17, 15) is 9.59 Å². The number of carbonyl (C=O) groups is 2. The lowest BCUT2D eigenvalue weighted by atomic mass is 9.83. The van der Waals surface area contributed by atoms with Gasteiger partial charge in [-0.1, -0.05) is 48.5 Å². The van der Waals surface area contributed by atoms with Gasteiger partial charge < -0.3 is 14.7 Å². The molecular weight excluding hydrogens is 350 g/mol.